The largest absolute Gasteiger partial charge is 0.382 e. The van der Waals surface area contributed by atoms with Gasteiger partial charge < -0.3 is 10.6 Å². The molecule has 3 rings (SSSR count). The zero-order chi connectivity index (χ0) is 15.7. The van der Waals surface area contributed by atoms with Gasteiger partial charge in [-0.3, -0.25) is 0 Å². The normalized spacial score (nSPS) is 18.5. The monoisotopic (exact) mass is 324 g/mol. The molecule has 7 heteroatoms. The summed E-state index contributed by atoms with van der Waals surface area (Å²) in [6, 6.07) is 3.56. The van der Waals surface area contributed by atoms with E-state index in [2.05, 4.69) is 9.97 Å². The van der Waals surface area contributed by atoms with Gasteiger partial charge >= 0.3 is 0 Å². The van der Waals surface area contributed by atoms with Gasteiger partial charge in [0, 0.05) is 19.0 Å². The number of nitrogen functional groups attached to an aromatic ring is 1. The van der Waals surface area contributed by atoms with Crippen LogP contribution in [0.4, 0.5) is 20.4 Å². The van der Waals surface area contributed by atoms with Gasteiger partial charge in [-0.2, -0.15) is 0 Å². The van der Waals surface area contributed by atoms with Gasteiger partial charge in [0.25, 0.3) is 0 Å². The van der Waals surface area contributed by atoms with E-state index in [4.69, 9.17) is 17.3 Å². The van der Waals surface area contributed by atoms with Crippen molar-refractivity contribution in [2.75, 3.05) is 23.7 Å². The molecule has 1 aromatic carbocycles. The van der Waals surface area contributed by atoms with Crippen molar-refractivity contribution in [1.29, 1.82) is 0 Å². The van der Waals surface area contributed by atoms with Crippen LogP contribution in [0.1, 0.15) is 24.3 Å². The van der Waals surface area contributed by atoms with Crippen molar-refractivity contribution in [2.24, 2.45) is 0 Å². The average molecular weight is 325 g/mol. The highest BCUT2D eigenvalue weighted by Gasteiger charge is 2.26. The van der Waals surface area contributed by atoms with Gasteiger partial charge in [0.1, 0.15) is 28.8 Å². The highest BCUT2D eigenvalue weighted by molar-refractivity contribution is 6.35. The summed E-state index contributed by atoms with van der Waals surface area (Å²) in [5.74, 6) is -0.183. The molecule has 22 heavy (non-hydrogen) atoms. The number of aromatic nitrogens is 2. The van der Waals surface area contributed by atoms with E-state index in [1.165, 1.54) is 18.5 Å². The molecule has 116 valence electrons. The van der Waals surface area contributed by atoms with E-state index in [9.17, 15) is 8.78 Å². The summed E-state index contributed by atoms with van der Waals surface area (Å²) in [7, 11) is 0. The number of halogens is 3. The molecule has 1 atom stereocenters. The summed E-state index contributed by atoms with van der Waals surface area (Å²) in [5.41, 5.74) is 6.09. The summed E-state index contributed by atoms with van der Waals surface area (Å²) in [5, 5.41) is 0.294. The van der Waals surface area contributed by atoms with Crippen molar-refractivity contribution in [3.8, 4) is 0 Å². The van der Waals surface area contributed by atoms with Crippen LogP contribution in [0.15, 0.2) is 24.5 Å². The molecule has 2 N–H and O–H groups in total. The van der Waals surface area contributed by atoms with E-state index in [0.29, 0.717) is 22.9 Å². The molecule has 2 heterocycles. The van der Waals surface area contributed by atoms with Crippen LogP contribution in [-0.2, 0) is 0 Å². The van der Waals surface area contributed by atoms with Gasteiger partial charge in [-0.1, -0.05) is 11.6 Å². The van der Waals surface area contributed by atoms with E-state index >= 15 is 0 Å². The SMILES string of the molecule is Nc1ncnc(N2CCCC(c3cc(F)ccc3F)C2)c1Cl. The van der Waals surface area contributed by atoms with Crippen molar-refractivity contribution >= 4 is 23.2 Å². The highest BCUT2D eigenvalue weighted by Crippen LogP contribution is 2.34. The fourth-order valence-corrected chi connectivity index (χ4v) is 3.06. The Hall–Kier alpha value is -1.95. The van der Waals surface area contributed by atoms with Crippen molar-refractivity contribution in [2.45, 2.75) is 18.8 Å². The number of hydrogen-bond donors (Lipinski definition) is 1. The fourth-order valence-electron chi connectivity index (χ4n) is 2.84. The molecule has 0 spiro atoms. The van der Waals surface area contributed by atoms with E-state index in [1.54, 1.807) is 0 Å². The van der Waals surface area contributed by atoms with Crippen molar-refractivity contribution < 1.29 is 8.78 Å². The molecule has 1 fully saturated rings. The molecule has 0 amide bonds. The minimum absolute atomic E-state index is 0.114. The van der Waals surface area contributed by atoms with Crippen LogP contribution in [0.25, 0.3) is 0 Å². The third-order valence-electron chi connectivity index (χ3n) is 3.92. The summed E-state index contributed by atoms with van der Waals surface area (Å²) in [6.07, 6.45) is 2.97. The first-order valence-electron chi connectivity index (χ1n) is 7.02. The molecule has 2 aromatic rings. The van der Waals surface area contributed by atoms with Crippen LogP contribution in [0, 0.1) is 11.6 Å². The van der Waals surface area contributed by atoms with Crippen LogP contribution in [0.2, 0.25) is 5.02 Å². The summed E-state index contributed by atoms with van der Waals surface area (Å²) in [6.45, 7) is 1.25. The van der Waals surface area contributed by atoms with Gasteiger partial charge in [0.05, 0.1) is 0 Å². The van der Waals surface area contributed by atoms with Crippen molar-refractivity contribution in [3.05, 3.63) is 46.7 Å². The molecule has 0 radical (unpaired) electrons. The minimum atomic E-state index is -0.433. The third-order valence-corrected chi connectivity index (χ3v) is 4.28. The average Bonchev–Trinajstić information content (AvgIpc) is 2.52. The Labute approximate surface area is 131 Å². The molecule has 1 unspecified atom stereocenters. The number of nitrogens with two attached hydrogens (primary N) is 1. The number of nitrogens with zero attached hydrogens (tertiary/aromatic N) is 3. The van der Waals surface area contributed by atoms with Gasteiger partial charge in [-0.25, -0.2) is 18.7 Å². The second kappa shape index (κ2) is 6.04. The molecule has 1 aliphatic rings. The predicted molar refractivity (Wildman–Crippen MR) is 82.0 cm³/mol. The van der Waals surface area contributed by atoms with Crippen molar-refractivity contribution in [1.82, 2.24) is 9.97 Å². The van der Waals surface area contributed by atoms with E-state index in [-0.39, 0.29) is 17.6 Å². The van der Waals surface area contributed by atoms with Gasteiger partial charge in [-0.05, 0) is 36.6 Å². The molecule has 0 saturated carbocycles. The summed E-state index contributed by atoms with van der Waals surface area (Å²) < 4.78 is 27.4. The quantitative estimate of drug-likeness (QED) is 0.920. The minimum Gasteiger partial charge on any atom is -0.382 e. The third kappa shape index (κ3) is 2.83. The Morgan fingerprint density at radius 1 is 1.27 bits per heavy atom. The molecule has 1 saturated heterocycles. The maximum absolute atomic E-state index is 14.0. The lowest BCUT2D eigenvalue weighted by Crippen LogP contribution is -2.35. The van der Waals surface area contributed by atoms with E-state index < -0.39 is 5.82 Å². The molecule has 1 aliphatic heterocycles. The Bertz CT molecular complexity index is 687. The van der Waals surface area contributed by atoms with Crippen LogP contribution < -0.4 is 10.6 Å². The fraction of sp³-hybridized carbons (Fsp3) is 0.333. The standard InChI is InChI=1S/C15H15ClF2N4/c16-13-14(19)20-8-21-15(13)22-5-1-2-9(7-22)11-6-10(17)3-4-12(11)18/h3-4,6,8-9H,1-2,5,7H2,(H2,19,20,21). The lowest BCUT2D eigenvalue weighted by Gasteiger charge is -2.34. The van der Waals surface area contributed by atoms with Gasteiger partial charge in [0.2, 0.25) is 0 Å². The zero-order valence-corrected chi connectivity index (χ0v) is 12.5. The summed E-state index contributed by atoms with van der Waals surface area (Å²) in [4.78, 5) is 9.94. The lowest BCUT2D eigenvalue weighted by atomic mass is 9.90. The highest BCUT2D eigenvalue weighted by atomic mass is 35.5. The van der Waals surface area contributed by atoms with Gasteiger partial charge in [-0.15, -0.1) is 0 Å². The second-order valence-electron chi connectivity index (χ2n) is 5.35. The maximum Gasteiger partial charge on any atom is 0.153 e. The van der Waals surface area contributed by atoms with E-state index in [0.717, 1.165) is 25.5 Å². The number of benzene rings is 1. The topological polar surface area (TPSA) is 55.0 Å². The van der Waals surface area contributed by atoms with E-state index in [1.807, 2.05) is 4.90 Å². The first-order valence-corrected chi connectivity index (χ1v) is 7.40. The van der Waals surface area contributed by atoms with Crippen LogP contribution in [0.5, 0.6) is 0 Å². The molecule has 4 nitrogen and oxygen atoms in total. The Morgan fingerprint density at radius 2 is 2.09 bits per heavy atom. The zero-order valence-electron chi connectivity index (χ0n) is 11.8. The smallest absolute Gasteiger partial charge is 0.153 e. The first-order chi connectivity index (χ1) is 10.6. The Morgan fingerprint density at radius 3 is 2.91 bits per heavy atom. The van der Waals surface area contributed by atoms with Gasteiger partial charge in [0.15, 0.2) is 5.82 Å². The molecular formula is C15H15ClF2N4. The Kier molecular flexibility index (Phi) is 4.11. The maximum atomic E-state index is 14.0. The van der Waals surface area contributed by atoms with Crippen LogP contribution >= 0.6 is 11.6 Å². The number of hydrogen-bond acceptors (Lipinski definition) is 4. The predicted octanol–water partition coefficient (Wildman–Crippen LogP) is 3.37. The molecular weight excluding hydrogens is 310 g/mol. The van der Waals surface area contributed by atoms with Crippen LogP contribution in [-0.4, -0.2) is 23.1 Å². The number of anilines is 2. The number of piperidine rings is 1. The molecule has 0 bridgehead atoms. The number of rotatable bonds is 2. The first kappa shape index (κ1) is 15.0. The summed E-state index contributed by atoms with van der Waals surface area (Å²) >= 11 is 6.15. The Balaban J connectivity index is 1.88. The molecule has 0 aliphatic carbocycles. The lowest BCUT2D eigenvalue weighted by molar-refractivity contribution is 0.480. The molecule has 1 aromatic heterocycles. The van der Waals surface area contributed by atoms with Crippen LogP contribution in [0.3, 0.4) is 0 Å². The van der Waals surface area contributed by atoms with Crippen molar-refractivity contribution in [3.63, 3.8) is 0 Å². The second-order valence-corrected chi connectivity index (χ2v) is 5.73.